The molecule has 1 radical (unpaired) electrons. The average Bonchev–Trinajstić information content (AvgIpc) is 2.47. The van der Waals surface area contributed by atoms with Gasteiger partial charge in [-0.15, -0.1) is 0 Å². The Morgan fingerprint density at radius 3 is 3.08 bits per heavy atom. The summed E-state index contributed by atoms with van der Waals surface area (Å²) in [4.78, 5) is 0. The molecule has 1 heterocycles. The Bertz CT molecular complexity index is 395. The number of nitrogens with zero attached hydrogens (tertiary/aromatic N) is 2. The van der Waals surface area contributed by atoms with Crippen LogP contribution in [0.15, 0.2) is 24.4 Å². The van der Waals surface area contributed by atoms with Crippen molar-refractivity contribution in [2.75, 3.05) is 0 Å². The lowest BCUT2D eigenvalue weighted by Gasteiger charge is -1.98. The highest BCUT2D eigenvalue weighted by atomic mass is 19.3. The van der Waals surface area contributed by atoms with Crippen LogP contribution in [0.5, 0.6) is 0 Å². The Hall–Kier alpha value is -1.45. The predicted molar refractivity (Wildman–Crippen MR) is 39.8 cm³/mol. The summed E-state index contributed by atoms with van der Waals surface area (Å²) < 4.78 is 25.1. The maximum atomic E-state index is 12.2. The van der Waals surface area contributed by atoms with Crippen LogP contribution in [0.25, 0.3) is 10.9 Å². The molecular formula is C8H5F2N2. The van der Waals surface area contributed by atoms with Crippen molar-refractivity contribution < 1.29 is 8.78 Å². The van der Waals surface area contributed by atoms with E-state index in [1.807, 2.05) is 0 Å². The van der Waals surface area contributed by atoms with Crippen molar-refractivity contribution in [3.8, 4) is 0 Å². The third-order valence-corrected chi connectivity index (χ3v) is 1.60. The molecule has 0 unspecified atom stereocenters. The molecule has 0 fully saturated rings. The molecule has 0 saturated heterocycles. The number of hydrogen-bond acceptors (Lipinski definition) is 1. The van der Waals surface area contributed by atoms with Gasteiger partial charge in [0.1, 0.15) is 0 Å². The molecule has 0 atom stereocenters. The molecule has 1 aromatic heterocycles. The van der Waals surface area contributed by atoms with Crippen LogP contribution in [0.2, 0.25) is 0 Å². The van der Waals surface area contributed by atoms with Gasteiger partial charge in [-0.2, -0.15) is 13.9 Å². The zero-order chi connectivity index (χ0) is 8.55. The van der Waals surface area contributed by atoms with Crippen LogP contribution < -0.4 is 0 Å². The topological polar surface area (TPSA) is 17.8 Å². The Labute approximate surface area is 67.4 Å². The molecule has 0 amide bonds. The van der Waals surface area contributed by atoms with Crippen LogP contribution in [-0.4, -0.2) is 9.78 Å². The number of para-hydroxylation sites is 1. The Morgan fingerprint density at radius 2 is 2.33 bits per heavy atom. The van der Waals surface area contributed by atoms with E-state index in [1.165, 1.54) is 6.20 Å². The van der Waals surface area contributed by atoms with Gasteiger partial charge in [0.05, 0.1) is 11.7 Å². The van der Waals surface area contributed by atoms with E-state index in [9.17, 15) is 8.78 Å². The fourth-order valence-corrected chi connectivity index (χ4v) is 1.07. The number of fused-ring (bicyclic) bond motifs is 1. The second kappa shape index (κ2) is 2.55. The molecule has 0 N–H and O–H groups in total. The lowest BCUT2D eigenvalue weighted by atomic mass is 10.3. The number of benzene rings is 1. The second-order valence-corrected chi connectivity index (χ2v) is 2.34. The van der Waals surface area contributed by atoms with Crippen molar-refractivity contribution in [3.05, 3.63) is 30.5 Å². The van der Waals surface area contributed by atoms with Crippen LogP contribution in [0.3, 0.4) is 0 Å². The van der Waals surface area contributed by atoms with Gasteiger partial charge in [-0.05, 0) is 0 Å². The zero-order valence-electron chi connectivity index (χ0n) is 6.04. The highest BCUT2D eigenvalue weighted by molar-refractivity contribution is 5.77. The summed E-state index contributed by atoms with van der Waals surface area (Å²) in [6.07, 6.45) is 1.40. The van der Waals surface area contributed by atoms with Gasteiger partial charge in [0.15, 0.2) is 0 Å². The number of aromatic nitrogens is 2. The maximum absolute atomic E-state index is 12.2. The lowest BCUT2D eigenvalue weighted by Crippen LogP contribution is -1.98. The summed E-state index contributed by atoms with van der Waals surface area (Å²) in [5.74, 6) is 0. The van der Waals surface area contributed by atoms with Crippen molar-refractivity contribution >= 4 is 10.9 Å². The van der Waals surface area contributed by atoms with Gasteiger partial charge in [-0.25, -0.2) is 4.68 Å². The minimum atomic E-state index is -2.60. The molecule has 0 aliphatic carbocycles. The number of hydrogen-bond donors (Lipinski definition) is 0. The predicted octanol–water partition coefficient (Wildman–Crippen LogP) is 2.23. The monoisotopic (exact) mass is 167 g/mol. The van der Waals surface area contributed by atoms with Crippen molar-refractivity contribution in [3.63, 3.8) is 0 Å². The number of rotatable bonds is 1. The van der Waals surface area contributed by atoms with Gasteiger partial charge in [0, 0.05) is 11.5 Å². The van der Waals surface area contributed by atoms with Crippen LogP contribution >= 0.6 is 0 Å². The number of alkyl halides is 2. The van der Waals surface area contributed by atoms with E-state index in [0.29, 0.717) is 15.6 Å². The zero-order valence-corrected chi connectivity index (χ0v) is 6.04. The van der Waals surface area contributed by atoms with E-state index < -0.39 is 6.55 Å². The summed E-state index contributed by atoms with van der Waals surface area (Å²) >= 11 is 0. The summed E-state index contributed by atoms with van der Waals surface area (Å²) in [5.41, 5.74) is 0.340. The Morgan fingerprint density at radius 1 is 1.50 bits per heavy atom. The lowest BCUT2D eigenvalue weighted by molar-refractivity contribution is 0.0615. The van der Waals surface area contributed by atoms with Crippen LogP contribution in [-0.2, 0) is 0 Å². The smallest absolute Gasteiger partial charge is 0.203 e. The SMILES string of the molecule is FC(F)n1ncc2ccc[c]c21. The molecule has 2 rings (SSSR count). The van der Waals surface area contributed by atoms with Gasteiger partial charge in [0.25, 0.3) is 0 Å². The van der Waals surface area contributed by atoms with Gasteiger partial charge >= 0.3 is 6.55 Å². The molecule has 61 valence electrons. The molecule has 2 nitrogen and oxygen atoms in total. The van der Waals surface area contributed by atoms with Crippen molar-refractivity contribution in [2.24, 2.45) is 0 Å². The van der Waals surface area contributed by atoms with Gasteiger partial charge in [0.2, 0.25) is 0 Å². The van der Waals surface area contributed by atoms with E-state index in [0.717, 1.165) is 0 Å². The van der Waals surface area contributed by atoms with Gasteiger partial charge in [-0.1, -0.05) is 18.2 Å². The highest BCUT2D eigenvalue weighted by Crippen LogP contribution is 2.18. The first-order chi connectivity index (χ1) is 5.79. The van der Waals surface area contributed by atoms with E-state index in [-0.39, 0.29) is 0 Å². The Balaban J connectivity index is 2.70. The standard InChI is InChI=1S/C8H5F2N2/c9-8(10)12-7-4-2-1-3-6(7)5-11-12/h1-3,5,8H. The van der Waals surface area contributed by atoms with Crippen molar-refractivity contribution in [1.82, 2.24) is 9.78 Å². The first-order valence-corrected chi connectivity index (χ1v) is 3.41. The van der Waals surface area contributed by atoms with E-state index >= 15 is 0 Å². The van der Waals surface area contributed by atoms with Crippen molar-refractivity contribution in [2.45, 2.75) is 6.55 Å². The van der Waals surface area contributed by atoms with Crippen LogP contribution in [0, 0.1) is 6.07 Å². The highest BCUT2D eigenvalue weighted by Gasteiger charge is 2.09. The second-order valence-electron chi connectivity index (χ2n) is 2.34. The Kier molecular flexibility index (Phi) is 1.53. The quantitative estimate of drug-likeness (QED) is 0.636. The fraction of sp³-hybridized carbons (Fsp3) is 0.125. The molecule has 0 bridgehead atoms. The molecule has 1 aromatic carbocycles. The summed E-state index contributed by atoms with van der Waals surface area (Å²) in [5, 5.41) is 4.21. The summed E-state index contributed by atoms with van der Waals surface area (Å²) in [6.45, 7) is -2.60. The third kappa shape index (κ3) is 0.958. The molecule has 0 saturated carbocycles. The largest absolute Gasteiger partial charge is 0.333 e. The normalized spacial score (nSPS) is 11.2. The van der Waals surface area contributed by atoms with Gasteiger partial charge < -0.3 is 0 Å². The van der Waals surface area contributed by atoms with Crippen LogP contribution in [0.4, 0.5) is 8.78 Å². The number of halogens is 2. The third-order valence-electron chi connectivity index (χ3n) is 1.60. The first kappa shape index (κ1) is 7.21. The maximum Gasteiger partial charge on any atom is 0.333 e. The molecule has 12 heavy (non-hydrogen) atoms. The minimum Gasteiger partial charge on any atom is -0.203 e. The molecule has 0 aliphatic rings. The van der Waals surface area contributed by atoms with E-state index in [2.05, 4.69) is 11.2 Å². The summed E-state index contributed by atoms with van der Waals surface area (Å²) in [6, 6.07) is 7.74. The van der Waals surface area contributed by atoms with Crippen molar-refractivity contribution in [1.29, 1.82) is 0 Å². The molecule has 0 spiro atoms. The van der Waals surface area contributed by atoms with Crippen LogP contribution in [0.1, 0.15) is 6.55 Å². The molecule has 4 heteroatoms. The minimum absolute atomic E-state index is 0.340. The molecular weight excluding hydrogens is 162 g/mol. The van der Waals surface area contributed by atoms with Gasteiger partial charge in [-0.3, -0.25) is 0 Å². The molecule has 0 aliphatic heterocycles. The van der Waals surface area contributed by atoms with E-state index in [1.54, 1.807) is 18.2 Å². The first-order valence-electron chi connectivity index (χ1n) is 3.41. The fourth-order valence-electron chi connectivity index (χ4n) is 1.07. The summed E-state index contributed by atoms with van der Waals surface area (Å²) in [7, 11) is 0. The van der Waals surface area contributed by atoms with E-state index in [4.69, 9.17) is 0 Å². The molecule has 2 aromatic rings. The average molecular weight is 167 g/mol.